The Morgan fingerprint density at radius 3 is 1.80 bits per heavy atom. The molecule has 0 aromatic heterocycles. The molecule has 1 heterocycles. The number of nitrogens with zero attached hydrogens (tertiary/aromatic N) is 1. The maximum atomic E-state index is 14.5. The Bertz CT molecular complexity index is 1400. The van der Waals surface area contributed by atoms with Crippen LogP contribution in [0.3, 0.4) is 0 Å². The van der Waals surface area contributed by atoms with Crippen molar-refractivity contribution >= 4 is 48.6 Å². The Kier molecular flexibility index (Phi) is 7.74. The molecular weight excluding hydrogens is 581 g/mol. The molecule has 1 saturated heterocycles. The number of rotatable bonds is 7. The molecule has 1 fully saturated rings. The number of benzene rings is 4. The normalized spacial score (nSPS) is 16.8. The topological polar surface area (TPSA) is 46.6 Å². The summed E-state index contributed by atoms with van der Waals surface area (Å²) in [4.78, 5) is 29.2. The summed E-state index contributed by atoms with van der Waals surface area (Å²) in [5.74, 6) is -0.239. The van der Waals surface area contributed by atoms with Crippen molar-refractivity contribution in [3.63, 3.8) is 0 Å². The number of halogens is 1. The second kappa shape index (κ2) is 11.0. The molecule has 4 aromatic rings. The first-order valence-electron chi connectivity index (χ1n) is 13.6. The fourth-order valence-corrected chi connectivity index (χ4v) is 14.5. The van der Waals surface area contributed by atoms with Crippen molar-refractivity contribution in [1.82, 2.24) is 4.90 Å². The van der Waals surface area contributed by atoms with Gasteiger partial charge >= 0.3 is 246 Å². The van der Waals surface area contributed by atoms with Gasteiger partial charge in [0.05, 0.1) is 0 Å². The quantitative estimate of drug-likeness (QED) is 0.174. The molecule has 1 aliphatic rings. The van der Waals surface area contributed by atoms with Gasteiger partial charge in [-0.3, -0.25) is 0 Å². The summed E-state index contributed by atoms with van der Waals surface area (Å²) < 4.78 is 5.57. The average molecular weight is 617 g/mol. The molecule has 4 nitrogen and oxygen atoms in total. The van der Waals surface area contributed by atoms with Gasteiger partial charge in [-0.2, -0.15) is 0 Å². The Labute approximate surface area is 245 Å². The van der Waals surface area contributed by atoms with Gasteiger partial charge < -0.3 is 0 Å². The average Bonchev–Trinajstić information content (AvgIpc) is 3.33. The molecule has 1 unspecified atom stereocenters. The summed E-state index contributed by atoms with van der Waals surface area (Å²) in [6, 6.07) is 38.8. The third-order valence-electron chi connectivity index (χ3n) is 7.57. The van der Waals surface area contributed by atoms with E-state index in [1.807, 2.05) is 62.1 Å². The van der Waals surface area contributed by atoms with Gasteiger partial charge in [-0.05, 0) is 0 Å². The van der Waals surface area contributed by atoms with Gasteiger partial charge in [0.1, 0.15) is 0 Å². The molecule has 0 saturated carbocycles. The summed E-state index contributed by atoms with van der Waals surface area (Å²) in [7, 11) is 0. The molecule has 0 N–H and O–H groups in total. The Hall–Kier alpha value is -3.27. The minimum absolute atomic E-state index is 0.119. The van der Waals surface area contributed by atoms with Gasteiger partial charge in [0.15, 0.2) is 0 Å². The predicted octanol–water partition coefficient (Wildman–Crippen LogP) is 6.58. The van der Waals surface area contributed by atoms with E-state index in [1.54, 1.807) is 6.07 Å². The minimum atomic E-state index is -3.45. The third-order valence-corrected chi connectivity index (χ3v) is 18.3. The SMILES string of the molecule is CC(C)(C)OC(=O)c1cccc(CN2CCC(P(Br)(c3ccccc3)(c3ccccc3)c3ccccc3)C2=O)c1. The number of hydrogen-bond donors (Lipinski definition) is 0. The summed E-state index contributed by atoms with van der Waals surface area (Å²) in [6.45, 7) is 6.64. The van der Waals surface area contributed by atoms with E-state index in [-0.39, 0.29) is 17.5 Å². The monoisotopic (exact) mass is 615 g/mol. The van der Waals surface area contributed by atoms with E-state index in [4.69, 9.17) is 4.74 Å². The number of amides is 1. The van der Waals surface area contributed by atoms with Crippen molar-refractivity contribution in [2.75, 3.05) is 6.54 Å². The molecule has 40 heavy (non-hydrogen) atoms. The number of hydrogen-bond acceptors (Lipinski definition) is 3. The van der Waals surface area contributed by atoms with Crippen molar-refractivity contribution in [3.8, 4) is 0 Å². The molecule has 5 rings (SSSR count). The summed E-state index contributed by atoms with van der Waals surface area (Å²) >= 11 is 4.48. The number of likely N-dealkylation sites (tertiary alicyclic amines) is 1. The van der Waals surface area contributed by atoms with Crippen LogP contribution < -0.4 is 15.9 Å². The molecule has 6 heteroatoms. The molecule has 1 aliphatic heterocycles. The molecule has 1 amide bonds. The Morgan fingerprint density at radius 1 is 0.825 bits per heavy atom. The molecule has 1 atom stereocenters. The molecule has 0 spiro atoms. The van der Waals surface area contributed by atoms with Crippen LogP contribution in [0.15, 0.2) is 115 Å². The predicted molar refractivity (Wildman–Crippen MR) is 170 cm³/mol. The van der Waals surface area contributed by atoms with E-state index in [0.29, 0.717) is 25.1 Å². The fraction of sp³-hybridized carbons (Fsp3) is 0.235. The third kappa shape index (κ3) is 5.02. The van der Waals surface area contributed by atoms with E-state index in [2.05, 4.69) is 88.3 Å². The zero-order valence-electron chi connectivity index (χ0n) is 23.2. The Morgan fingerprint density at radius 2 is 1.32 bits per heavy atom. The van der Waals surface area contributed by atoms with Crippen LogP contribution in [0.25, 0.3) is 0 Å². The van der Waals surface area contributed by atoms with Crippen molar-refractivity contribution < 1.29 is 14.3 Å². The zero-order chi connectivity index (χ0) is 28.4. The first kappa shape index (κ1) is 28.3. The second-order valence-electron chi connectivity index (χ2n) is 11.3. The molecule has 0 aliphatic carbocycles. The van der Waals surface area contributed by atoms with E-state index in [9.17, 15) is 9.59 Å². The van der Waals surface area contributed by atoms with Gasteiger partial charge in [-0.1, -0.05) is 0 Å². The van der Waals surface area contributed by atoms with E-state index >= 15 is 0 Å². The van der Waals surface area contributed by atoms with Crippen molar-refractivity contribution in [1.29, 1.82) is 0 Å². The second-order valence-corrected chi connectivity index (χ2v) is 20.1. The van der Waals surface area contributed by atoms with Gasteiger partial charge in [-0.25, -0.2) is 0 Å². The van der Waals surface area contributed by atoms with Crippen LogP contribution in [0, 0.1) is 0 Å². The Balaban J connectivity index is 1.57. The fourth-order valence-electron chi connectivity index (χ4n) is 5.83. The van der Waals surface area contributed by atoms with E-state index < -0.39 is 10.9 Å². The van der Waals surface area contributed by atoms with Crippen LogP contribution in [0.5, 0.6) is 0 Å². The van der Waals surface area contributed by atoms with Gasteiger partial charge in [0.25, 0.3) is 0 Å². The van der Waals surface area contributed by atoms with Gasteiger partial charge in [0.2, 0.25) is 0 Å². The number of ether oxygens (including phenoxy) is 1. The van der Waals surface area contributed by atoms with Crippen LogP contribution in [-0.2, 0) is 16.1 Å². The maximum absolute atomic E-state index is 14.5. The van der Waals surface area contributed by atoms with E-state index in [0.717, 1.165) is 21.5 Å². The van der Waals surface area contributed by atoms with Crippen LogP contribution in [0.2, 0.25) is 0 Å². The van der Waals surface area contributed by atoms with Gasteiger partial charge in [-0.15, -0.1) is 0 Å². The van der Waals surface area contributed by atoms with Crippen LogP contribution in [0.4, 0.5) is 0 Å². The first-order chi connectivity index (χ1) is 19.1. The van der Waals surface area contributed by atoms with E-state index in [1.165, 1.54) is 0 Å². The number of esters is 1. The molecular formula is C34H35BrNO3P. The van der Waals surface area contributed by atoms with Gasteiger partial charge in [0, 0.05) is 0 Å². The zero-order valence-corrected chi connectivity index (χ0v) is 25.6. The van der Waals surface area contributed by atoms with Crippen molar-refractivity contribution in [2.45, 2.75) is 45.0 Å². The van der Waals surface area contributed by atoms with Crippen LogP contribution in [0.1, 0.15) is 43.1 Å². The summed E-state index contributed by atoms with van der Waals surface area (Å²) in [5, 5.41) is -0.0382. The molecule has 0 bridgehead atoms. The standard InChI is InChI=1S/C34H35BrNO3P/c1-34(2,3)39-33(38)27-15-13-14-26(24-27)25-36-23-22-31(32(36)37)40(35,28-16-7-4-8-17-28,29-18-9-5-10-19-29)30-20-11-6-12-21-30/h4-21,24,31H,22-23,25H2,1-3H3. The van der Waals surface area contributed by atoms with Crippen LogP contribution in [-0.4, -0.2) is 34.6 Å². The molecule has 206 valence electrons. The first-order valence-corrected chi connectivity index (χ1v) is 17.9. The summed E-state index contributed by atoms with van der Waals surface area (Å²) in [5.41, 5.74) is 0.544. The van der Waals surface area contributed by atoms with Crippen LogP contribution >= 0.6 is 20.8 Å². The number of carbonyl (C=O) groups excluding carboxylic acids is 2. The molecule has 4 aromatic carbocycles. The van der Waals surface area contributed by atoms with Crippen molar-refractivity contribution in [2.24, 2.45) is 0 Å². The van der Waals surface area contributed by atoms with Crippen molar-refractivity contribution in [3.05, 3.63) is 126 Å². The summed E-state index contributed by atoms with van der Waals surface area (Å²) in [6.07, 6.45) is 0.715. The molecule has 0 radical (unpaired) electrons. The number of carbonyl (C=O) groups is 2.